The van der Waals surface area contributed by atoms with Gasteiger partial charge in [0.1, 0.15) is 17.2 Å². The third-order valence-electron chi connectivity index (χ3n) is 5.97. The number of fused-ring (bicyclic) bond motifs is 2. The molecule has 2 atom stereocenters. The number of H-pyrrole nitrogens is 1. The Morgan fingerprint density at radius 3 is 2.90 bits per heavy atom. The van der Waals surface area contributed by atoms with Gasteiger partial charge in [0, 0.05) is 43.1 Å². The quantitative estimate of drug-likeness (QED) is 0.703. The lowest BCUT2D eigenvalue weighted by Gasteiger charge is -2.30. The van der Waals surface area contributed by atoms with Gasteiger partial charge in [-0.3, -0.25) is 4.68 Å². The van der Waals surface area contributed by atoms with Crippen molar-refractivity contribution in [3.05, 3.63) is 29.8 Å². The first-order chi connectivity index (χ1) is 13.9. The molecule has 8 nitrogen and oxygen atoms in total. The van der Waals surface area contributed by atoms with E-state index in [1.165, 1.54) is 12.1 Å². The van der Waals surface area contributed by atoms with Crippen LogP contribution in [-0.4, -0.2) is 58.3 Å². The van der Waals surface area contributed by atoms with Crippen molar-refractivity contribution in [3.8, 4) is 11.4 Å². The van der Waals surface area contributed by atoms with Crippen LogP contribution in [0.5, 0.6) is 0 Å². The molecule has 0 aliphatic carbocycles. The van der Waals surface area contributed by atoms with Crippen molar-refractivity contribution in [2.45, 2.75) is 30.8 Å². The van der Waals surface area contributed by atoms with Crippen molar-refractivity contribution in [3.63, 3.8) is 0 Å². The SMILES string of the molecule is Cc1cc(F)c2[nH]c(S(=O)(=O)N3CCC4COCCC43)cc2c1-c1ncn(C)n1. The van der Waals surface area contributed by atoms with E-state index in [1.54, 1.807) is 29.3 Å². The second-order valence-corrected chi connectivity index (χ2v) is 9.67. The number of nitrogens with zero attached hydrogens (tertiary/aromatic N) is 4. The van der Waals surface area contributed by atoms with Crippen LogP contribution in [0.25, 0.3) is 22.3 Å². The van der Waals surface area contributed by atoms with Gasteiger partial charge in [0.05, 0.1) is 12.1 Å². The Kier molecular flexibility index (Phi) is 4.27. The van der Waals surface area contributed by atoms with Crippen LogP contribution in [0.3, 0.4) is 0 Å². The lowest BCUT2D eigenvalue weighted by Crippen LogP contribution is -2.41. The zero-order valence-electron chi connectivity index (χ0n) is 16.2. The van der Waals surface area contributed by atoms with Gasteiger partial charge >= 0.3 is 0 Å². The number of hydrogen-bond donors (Lipinski definition) is 1. The number of hydrogen-bond acceptors (Lipinski definition) is 5. The summed E-state index contributed by atoms with van der Waals surface area (Å²) in [6.45, 7) is 3.37. The molecule has 154 valence electrons. The molecule has 29 heavy (non-hydrogen) atoms. The van der Waals surface area contributed by atoms with Gasteiger partial charge in [-0.25, -0.2) is 17.8 Å². The molecular weight excluding hydrogens is 397 g/mol. The number of halogens is 1. The smallest absolute Gasteiger partial charge is 0.258 e. The molecule has 2 aliphatic rings. The normalized spacial score (nSPS) is 23.0. The Bertz CT molecular complexity index is 1200. The maximum Gasteiger partial charge on any atom is 0.258 e. The summed E-state index contributed by atoms with van der Waals surface area (Å²) in [5.41, 5.74) is 1.43. The number of aromatic nitrogens is 4. The zero-order valence-corrected chi connectivity index (χ0v) is 17.0. The first kappa shape index (κ1) is 18.7. The molecule has 0 amide bonds. The third-order valence-corrected chi connectivity index (χ3v) is 7.82. The fourth-order valence-corrected chi connectivity index (χ4v) is 6.31. The Labute approximate surface area is 167 Å². The van der Waals surface area contributed by atoms with E-state index in [1.807, 2.05) is 0 Å². The average molecular weight is 419 g/mol. The van der Waals surface area contributed by atoms with Crippen molar-refractivity contribution in [1.82, 2.24) is 24.1 Å². The highest BCUT2D eigenvalue weighted by Crippen LogP contribution is 2.37. The number of ether oxygens (including phenoxy) is 1. The summed E-state index contributed by atoms with van der Waals surface area (Å²) in [6.07, 6.45) is 3.02. The predicted octanol–water partition coefficient (Wildman–Crippen LogP) is 2.21. The highest BCUT2D eigenvalue weighted by molar-refractivity contribution is 7.89. The van der Waals surface area contributed by atoms with Gasteiger partial charge in [0.25, 0.3) is 10.0 Å². The Hall–Kier alpha value is -2.30. The van der Waals surface area contributed by atoms with Crippen LogP contribution in [0.1, 0.15) is 18.4 Å². The second-order valence-electron chi connectivity index (χ2n) is 7.81. The van der Waals surface area contributed by atoms with Crippen molar-refractivity contribution >= 4 is 20.9 Å². The van der Waals surface area contributed by atoms with E-state index < -0.39 is 15.8 Å². The van der Waals surface area contributed by atoms with Crippen LogP contribution < -0.4 is 0 Å². The Morgan fingerprint density at radius 2 is 2.14 bits per heavy atom. The highest BCUT2D eigenvalue weighted by Gasteiger charge is 2.43. The number of rotatable bonds is 3. The zero-order chi connectivity index (χ0) is 20.3. The number of aryl methyl sites for hydroxylation is 2. The molecular formula is C19H22FN5O3S. The monoisotopic (exact) mass is 419 g/mol. The summed E-state index contributed by atoms with van der Waals surface area (Å²) in [7, 11) is -2.04. The summed E-state index contributed by atoms with van der Waals surface area (Å²) in [6, 6.07) is 2.83. The Morgan fingerprint density at radius 1 is 1.31 bits per heavy atom. The van der Waals surface area contributed by atoms with E-state index >= 15 is 0 Å². The van der Waals surface area contributed by atoms with E-state index in [-0.39, 0.29) is 22.5 Å². The molecule has 2 saturated heterocycles. The first-order valence-electron chi connectivity index (χ1n) is 9.63. The number of aromatic amines is 1. The highest BCUT2D eigenvalue weighted by atomic mass is 32.2. The molecule has 3 aromatic rings. The molecule has 10 heteroatoms. The van der Waals surface area contributed by atoms with Gasteiger partial charge in [-0.15, -0.1) is 0 Å². The predicted molar refractivity (Wildman–Crippen MR) is 104 cm³/mol. The minimum atomic E-state index is -3.78. The van der Waals surface area contributed by atoms with Crippen molar-refractivity contribution < 1.29 is 17.5 Å². The van der Waals surface area contributed by atoms with Gasteiger partial charge in [0.15, 0.2) is 5.82 Å². The van der Waals surface area contributed by atoms with Gasteiger partial charge in [-0.1, -0.05) is 0 Å². The van der Waals surface area contributed by atoms with Crippen LogP contribution in [-0.2, 0) is 21.8 Å². The molecule has 2 fully saturated rings. The molecule has 1 aromatic carbocycles. The summed E-state index contributed by atoms with van der Waals surface area (Å²) in [4.78, 5) is 7.09. The summed E-state index contributed by atoms with van der Waals surface area (Å²) in [5, 5.41) is 4.79. The molecule has 2 aliphatic heterocycles. The molecule has 0 radical (unpaired) electrons. The van der Waals surface area contributed by atoms with E-state index in [2.05, 4.69) is 15.1 Å². The van der Waals surface area contributed by atoms with E-state index in [0.29, 0.717) is 48.5 Å². The average Bonchev–Trinajstić information content (AvgIpc) is 3.40. The molecule has 4 heterocycles. The van der Waals surface area contributed by atoms with E-state index in [4.69, 9.17) is 4.74 Å². The Balaban J connectivity index is 1.64. The minimum Gasteiger partial charge on any atom is -0.381 e. The van der Waals surface area contributed by atoms with Crippen LogP contribution in [0.2, 0.25) is 0 Å². The van der Waals surface area contributed by atoms with Gasteiger partial charge in [-0.05, 0) is 37.5 Å². The molecule has 2 unspecified atom stereocenters. The molecule has 0 bridgehead atoms. The maximum atomic E-state index is 14.7. The lowest BCUT2D eigenvalue weighted by atomic mass is 9.98. The summed E-state index contributed by atoms with van der Waals surface area (Å²) in [5.74, 6) is 0.155. The minimum absolute atomic E-state index is 0.00122. The molecule has 1 N–H and O–H groups in total. The van der Waals surface area contributed by atoms with Crippen LogP contribution in [0.15, 0.2) is 23.5 Å². The standard InChI is InChI=1S/C19H22FN5O3S/c1-11-7-14(20)18-13(17(11)19-21-10-24(2)23-19)8-16(22-18)29(26,27)25-5-3-12-9-28-6-4-15(12)25/h7-8,10,12,15,22H,3-6,9H2,1-2H3. The lowest BCUT2D eigenvalue weighted by molar-refractivity contribution is 0.0364. The molecule has 2 aromatic heterocycles. The van der Waals surface area contributed by atoms with Gasteiger partial charge in [-0.2, -0.15) is 9.40 Å². The van der Waals surface area contributed by atoms with Crippen molar-refractivity contribution in [1.29, 1.82) is 0 Å². The number of nitrogens with one attached hydrogen (secondary N) is 1. The second kappa shape index (κ2) is 6.61. The fourth-order valence-electron chi connectivity index (χ4n) is 4.58. The maximum absolute atomic E-state index is 14.7. The largest absolute Gasteiger partial charge is 0.381 e. The molecule has 0 spiro atoms. The fraction of sp³-hybridized carbons (Fsp3) is 0.474. The van der Waals surface area contributed by atoms with E-state index in [9.17, 15) is 12.8 Å². The summed E-state index contributed by atoms with van der Waals surface area (Å²) < 4.78 is 50.1. The number of sulfonamides is 1. The summed E-state index contributed by atoms with van der Waals surface area (Å²) >= 11 is 0. The van der Waals surface area contributed by atoms with E-state index in [0.717, 1.165) is 6.42 Å². The van der Waals surface area contributed by atoms with Crippen molar-refractivity contribution in [2.75, 3.05) is 19.8 Å². The van der Waals surface area contributed by atoms with Crippen LogP contribution in [0, 0.1) is 18.7 Å². The van der Waals surface area contributed by atoms with Crippen molar-refractivity contribution in [2.24, 2.45) is 13.0 Å². The topological polar surface area (TPSA) is 93.1 Å². The number of benzene rings is 1. The first-order valence-corrected chi connectivity index (χ1v) is 11.1. The van der Waals surface area contributed by atoms with Gasteiger partial charge < -0.3 is 9.72 Å². The van der Waals surface area contributed by atoms with Crippen LogP contribution in [0.4, 0.5) is 4.39 Å². The molecule has 0 saturated carbocycles. The van der Waals surface area contributed by atoms with Gasteiger partial charge in [0.2, 0.25) is 0 Å². The van der Waals surface area contributed by atoms with Crippen LogP contribution >= 0.6 is 0 Å². The molecule has 5 rings (SSSR count). The third kappa shape index (κ3) is 2.89.